The Morgan fingerprint density at radius 2 is 1.88 bits per heavy atom. The van der Waals surface area contributed by atoms with Crippen LogP contribution in [-0.4, -0.2) is 28.5 Å². The first-order valence-electron chi connectivity index (χ1n) is 9.65. The Morgan fingerprint density at radius 3 is 2.65 bits per heavy atom. The molecule has 1 aromatic heterocycles. The molecule has 1 fully saturated rings. The van der Waals surface area contributed by atoms with Gasteiger partial charge in [0.25, 0.3) is 5.91 Å². The van der Waals surface area contributed by atoms with Gasteiger partial charge < -0.3 is 10.6 Å². The fourth-order valence-corrected chi connectivity index (χ4v) is 3.41. The summed E-state index contributed by atoms with van der Waals surface area (Å²) in [6, 6.07) is 12.5. The topological polar surface area (TPSA) is 66.9 Å². The van der Waals surface area contributed by atoms with Crippen molar-refractivity contribution in [2.75, 3.05) is 11.9 Å². The Kier molecular flexibility index (Phi) is 6.58. The van der Waals surface area contributed by atoms with Crippen molar-refractivity contribution < 1.29 is 4.79 Å². The number of anilines is 1. The van der Waals surface area contributed by atoms with Crippen LogP contribution >= 0.6 is 0 Å². The summed E-state index contributed by atoms with van der Waals surface area (Å²) in [5.41, 5.74) is 2.58. The molecule has 1 aliphatic rings. The van der Waals surface area contributed by atoms with Crippen molar-refractivity contribution in [3.05, 3.63) is 53.3 Å². The maximum atomic E-state index is 12.5. The predicted octanol–water partition coefficient (Wildman–Crippen LogP) is 3.89. The fourth-order valence-electron chi connectivity index (χ4n) is 3.41. The highest BCUT2D eigenvalue weighted by atomic mass is 16.1. The molecule has 0 saturated heterocycles. The number of carbonyl (C=O) groups excluding carboxylic acids is 1. The molecule has 0 bridgehead atoms. The largest absolute Gasteiger partial charge is 0.354 e. The molecule has 0 spiro atoms. The molecular weight excluding hydrogens is 324 g/mol. The van der Waals surface area contributed by atoms with Gasteiger partial charge in [0.2, 0.25) is 5.95 Å². The third-order valence-corrected chi connectivity index (χ3v) is 4.80. The first kappa shape index (κ1) is 18.4. The van der Waals surface area contributed by atoms with E-state index in [0.29, 0.717) is 11.6 Å². The number of hydrogen-bond acceptors (Lipinski definition) is 4. The van der Waals surface area contributed by atoms with E-state index >= 15 is 0 Å². The second-order valence-corrected chi connectivity index (χ2v) is 7.04. The lowest BCUT2D eigenvalue weighted by Crippen LogP contribution is -2.36. The quantitative estimate of drug-likeness (QED) is 0.742. The van der Waals surface area contributed by atoms with Crippen LogP contribution in [0.4, 0.5) is 5.95 Å². The van der Waals surface area contributed by atoms with Crippen LogP contribution in [0.5, 0.6) is 0 Å². The van der Waals surface area contributed by atoms with Crippen LogP contribution in [0.2, 0.25) is 0 Å². The summed E-state index contributed by atoms with van der Waals surface area (Å²) in [4.78, 5) is 21.3. The van der Waals surface area contributed by atoms with E-state index in [2.05, 4.69) is 44.9 Å². The lowest BCUT2D eigenvalue weighted by atomic mass is 9.95. The summed E-state index contributed by atoms with van der Waals surface area (Å²) >= 11 is 0. The van der Waals surface area contributed by atoms with Crippen LogP contribution in [0.3, 0.4) is 0 Å². The van der Waals surface area contributed by atoms with Crippen molar-refractivity contribution in [1.82, 2.24) is 15.3 Å². The van der Waals surface area contributed by atoms with Gasteiger partial charge in [-0.1, -0.05) is 49.6 Å². The van der Waals surface area contributed by atoms with Gasteiger partial charge in [-0.3, -0.25) is 4.79 Å². The van der Waals surface area contributed by atoms with E-state index in [1.165, 1.54) is 24.8 Å². The molecule has 0 unspecified atom stereocenters. The number of nitrogens with zero attached hydrogens (tertiary/aromatic N) is 2. The first-order chi connectivity index (χ1) is 12.7. The van der Waals surface area contributed by atoms with Crippen LogP contribution in [0.25, 0.3) is 0 Å². The minimum absolute atomic E-state index is 0.0882. The first-order valence-corrected chi connectivity index (χ1v) is 9.65. The van der Waals surface area contributed by atoms with Gasteiger partial charge in [-0.2, -0.15) is 0 Å². The molecular formula is C21H28N4O. The van der Waals surface area contributed by atoms with Crippen LogP contribution in [0.15, 0.2) is 36.4 Å². The average Bonchev–Trinajstić information content (AvgIpc) is 2.66. The molecule has 1 aliphatic carbocycles. The molecule has 138 valence electrons. The molecule has 1 amide bonds. The van der Waals surface area contributed by atoms with Gasteiger partial charge in [-0.05, 0) is 44.2 Å². The lowest BCUT2D eigenvalue weighted by molar-refractivity contribution is 0.0922. The van der Waals surface area contributed by atoms with E-state index in [4.69, 9.17) is 0 Å². The lowest BCUT2D eigenvalue weighted by Gasteiger charge is -2.22. The Morgan fingerprint density at radius 1 is 1.12 bits per heavy atom. The minimum atomic E-state index is -0.0882. The Balaban J connectivity index is 1.52. The average molecular weight is 352 g/mol. The summed E-state index contributed by atoms with van der Waals surface area (Å²) in [5.74, 6) is 0.446. The molecule has 1 heterocycles. The van der Waals surface area contributed by atoms with Gasteiger partial charge in [0.1, 0.15) is 5.69 Å². The highest BCUT2D eigenvalue weighted by Crippen LogP contribution is 2.18. The summed E-state index contributed by atoms with van der Waals surface area (Å²) in [6.07, 6.45) is 7.81. The number of rotatable bonds is 7. The molecule has 1 saturated carbocycles. The maximum absolute atomic E-state index is 12.5. The van der Waals surface area contributed by atoms with Crippen molar-refractivity contribution in [1.29, 1.82) is 0 Å². The van der Waals surface area contributed by atoms with Gasteiger partial charge in [-0.15, -0.1) is 0 Å². The van der Waals surface area contributed by atoms with Crippen LogP contribution in [-0.2, 0) is 6.42 Å². The standard InChI is InChI=1S/C21H28N4O/c1-16-15-19(20(26)24-18-12-6-3-7-13-18)25-21(23-16)22-14-8-11-17-9-4-2-5-10-17/h2,4-5,9-10,15,18H,3,6-8,11-14H2,1H3,(H,24,26)(H,22,23,25). The summed E-state index contributed by atoms with van der Waals surface area (Å²) in [5, 5.41) is 6.37. The number of aryl methyl sites for hydroxylation is 2. The third kappa shape index (κ3) is 5.55. The van der Waals surface area contributed by atoms with Crippen LogP contribution in [0.1, 0.15) is 60.3 Å². The van der Waals surface area contributed by atoms with Crippen molar-refractivity contribution in [3.8, 4) is 0 Å². The number of hydrogen-bond donors (Lipinski definition) is 2. The zero-order valence-corrected chi connectivity index (χ0v) is 15.5. The number of carbonyl (C=O) groups is 1. The second-order valence-electron chi connectivity index (χ2n) is 7.04. The smallest absolute Gasteiger partial charge is 0.270 e. The van der Waals surface area contributed by atoms with Gasteiger partial charge >= 0.3 is 0 Å². The van der Waals surface area contributed by atoms with Gasteiger partial charge in [0.05, 0.1) is 0 Å². The summed E-state index contributed by atoms with van der Waals surface area (Å²) in [7, 11) is 0. The third-order valence-electron chi connectivity index (χ3n) is 4.80. The number of benzene rings is 1. The molecule has 0 aliphatic heterocycles. The van der Waals surface area contributed by atoms with Crippen molar-refractivity contribution >= 4 is 11.9 Å². The zero-order chi connectivity index (χ0) is 18.2. The van der Waals surface area contributed by atoms with E-state index in [9.17, 15) is 4.79 Å². The molecule has 2 aromatic rings. The van der Waals surface area contributed by atoms with E-state index in [1.54, 1.807) is 6.07 Å². The summed E-state index contributed by atoms with van der Waals surface area (Å²) < 4.78 is 0. The normalized spacial score (nSPS) is 14.8. The van der Waals surface area contributed by atoms with E-state index in [1.807, 2.05) is 13.0 Å². The minimum Gasteiger partial charge on any atom is -0.354 e. The molecule has 0 radical (unpaired) electrons. The van der Waals surface area contributed by atoms with E-state index in [-0.39, 0.29) is 11.9 Å². The van der Waals surface area contributed by atoms with E-state index in [0.717, 1.165) is 37.9 Å². The number of nitrogens with one attached hydrogen (secondary N) is 2. The van der Waals surface area contributed by atoms with Gasteiger partial charge in [0.15, 0.2) is 0 Å². The number of amides is 1. The Hall–Kier alpha value is -2.43. The fraction of sp³-hybridized carbons (Fsp3) is 0.476. The van der Waals surface area contributed by atoms with Gasteiger partial charge in [0, 0.05) is 18.3 Å². The van der Waals surface area contributed by atoms with Crippen molar-refractivity contribution in [2.24, 2.45) is 0 Å². The van der Waals surface area contributed by atoms with Crippen molar-refractivity contribution in [2.45, 2.75) is 57.9 Å². The molecule has 2 N–H and O–H groups in total. The number of aromatic nitrogens is 2. The predicted molar refractivity (Wildman–Crippen MR) is 104 cm³/mol. The second kappa shape index (κ2) is 9.32. The Labute approximate surface area is 155 Å². The Bertz CT molecular complexity index is 711. The summed E-state index contributed by atoms with van der Waals surface area (Å²) in [6.45, 7) is 2.68. The SMILES string of the molecule is Cc1cc(C(=O)NC2CCCCC2)nc(NCCCc2ccccc2)n1. The molecule has 0 atom stereocenters. The van der Waals surface area contributed by atoms with Crippen LogP contribution in [0, 0.1) is 6.92 Å². The molecule has 5 heteroatoms. The molecule has 3 rings (SSSR count). The molecule has 5 nitrogen and oxygen atoms in total. The highest BCUT2D eigenvalue weighted by molar-refractivity contribution is 5.92. The zero-order valence-electron chi connectivity index (χ0n) is 15.5. The highest BCUT2D eigenvalue weighted by Gasteiger charge is 2.18. The molecule has 1 aromatic carbocycles. The van der Waals surface area contributed by atoms with Crippen molar-refractivity contribution in [3.63, 3.8) is 0 Å². The van der Waals surface area contributed by atoms with Gasteiger partial charge in [-0.25, -0.2) is 9.97 Å². The van der Waals surface area contributed by atoms with E-state index < -0.39 is 0 Å². The van der Waals surface area contributed by atoms with Crippen LogP contribution < -0.4 is 10.6 Å². The molecule has 26 heavy (non-hydrogen) atoms. The maximum Gasteiger partial charge on any atom is 0.270 e. The monoisotopic (exact) mass is 352 g/mol.